The maximum Gasteiger partial charge on any atom is 0.236 e. The van der Waals surface area contributed by atoms with Gasteiger partial charge < -0.3 is 4.57 Å². The highest BCUT2D eigenvalue weighted by molar-refractivity contribution is 5.83. The Morgan fingerprint density at radius 1 is 1.47 bits per heavy atom. The van der Waals surface area contributed by atoms with Crippen LogP contribution in [0.4, 0.5) is 0 Å². The molecule has 0 aliphatic heterocycles. The fourth-order valence-corrected chi connectivity index (χ4v) is 1.99. The van der Waals surface area contributed by atoms with Crippen LogP contribution in [0.1, 0.15) is 23.9 Å². The van der Waals surface area contributed by atoms with Crippen molar-refractivity contribution in [1.29, 1.82) is 0 Å². The van der Waals surface area contributed by atoms with Crippen molar-refractivity contribution in [3.63, 3.8) is 0 Å². The Labute approximate surface area is 112 Å². The molecule has 5 heteroatoms. The Bertz CT molecular complexity index is 614. The van der Waals surface area contributed by atoms with Gasteiger partial charge in [0.25, 0.3) is 0 Å². The first-order valence-corrected chi connectivity index (χ1v) is 5.98. The largest absolute Gasteiger partial charge is 0.316 e. The van der Waals surface area contributed by atoms with Gasteiger partial charge in [-0.25, -0.2) is 5.43 Å². The highest BCUT2D eigenvalue weighted by atomic mass is 16.2. The molecule has 0 saturated carbocycles. The van der Waals surface area contributed by atoms with Gasteiger partial charge in [-0.05, 0) is 32.0 Å². The summed E-state index contributed by atoms with van der Waals surface area (Å²) in [6.07, 6.45) is 5.21. The lowest BCUT2D eigenvalue weighted by Gasteiger charge is -2.08. The van der Waals surface area contributed by atoms with Gasteiger partial charge >= 0.3 is 0 Å². The number of nitrogens with one attached hydrogen (secondary N) is 1. The molecule has 19 heavy (non-hydrogen) atoms. The first-order chi connectivity index (χ1) is 9.09. The van der Waals surface area contributed by atoms with Crippen molar-refractivity contribution in [2.75, 3.05) is 0 Å². The number of aryl methyl sites for hydroxylation is 1. The van der Waals surface area contributed by atoms with Crippen molar-refractivity contribution in [2.45, 2.75) is 20.8 Å². The van der Waals surface area contributed by atoms with Gasteiger partial charge in [-0.2, -0.15) is 5.10 Å². The summed E-state index contributed by atoms with van der Waals surface area (Å²) in [5, 5.41) is 3.90. The minimum Gasteiger partial charge on any atom is -0.316 e. The predicted molar refractivity (Wildman–Crippen MR) is 74.4 cm³/mol. The lowest BCUT2D eigenvalue weighted by Crippen LogP contribution is -2.12. The average Bonchev–Trinajstić information content (AvgIpc) is 2.65. The molecule has 2 aromatic heterocycles. The summed E-state index contributed by atoms with van der Waals surface area (Å²) in [5.41, 5.74) is 6.52. The number of pyridine rings is 1. The fraction of sp³-hybridized carbons (Fsp3) is 0.214. The second-order valence-electron chi connectivity index (χ2n) is 4.30. The van der Waals surface area contributed by atoms with Gasteiger partial charge in [-0.15, -0.1) is 0 Å². The molecule has 2 rings (SSSR count). The van der Waals surface area contributed by atoms with E-state index in [9.17, 15) is 4.79 Å². The SMILES string of the molecule is CC(=O)N/N=C\c1cc(C)n(-c2cccnc2)c1C. The van der Waals surface area contributed by atoms with Crippen LogP contribution >= 0.6 is 0 Å². The number of hydrogen-bond donors (Lipinski definition) is 1. The molecule has 2 heterocycles. The van der Waals surface area contributed by atoms with Crippen LogP contribution in [0.3, 0.4) is 0 Å². The molecule has 0 aromatic carbocycles. The molecule has 98 valence electrons. The van der Waals surface area contributed by atoms with Gasteiger partial charge in [0.15, 0.2) is 0 Å². The van der Waals surface area contributed by atoms with Gasteiger partial charge in [0.05, 0.1) is 18.1 Å². The van der Waals surface area contributed by atoms with Crippen LogP contribution in [0.25, 0.3) is 5.69 Å². The van der Waals surface area contributed by atoms with Crippen molar-refractivity contribution in [3.8, 4) is 5.69 Å². The van der Waals surface area contributed by atoms with Crippen molar-refractivity contribution in [1.82, 2.24) is 15.0 Å². The zero-order valence-electron chi connectivity index (χ0n) is 11.2. The van der Waals surface area contributed by atoms with Gasteiger partial charge in [0.2, 0.25) is 5.91 Å². The van der Waals surface area contributed by atoms with Crippen molar-refractivity contribution < 1.29 is 4.79 Å². The summed E-state index contributed by atoms with van der Waals surface area (Å²) >= 11 is 0. The third-order valence-corrected chi connectivity index (χ3v) is 2.80. The molecule has 0 unspecified atom stereocenters. The third kappa shape index (κ3) is 2.88. The Hall–Kier alpha value is -2.43. The highest BCUT2D eigenvalue weighted by Crippen LogP contribution is 2.18. The number of carbonyl (C=O) groups is 1. The molecule has 0 radical (unpaired) electrons. The number of rotatable bonds is 3. The van der Waals surface area contributed by atoms with E-state index in [1.807, 2.05) is 38.2 Å². The van der Waals surface area contributed by atoms with Crippen molar-refractivity contribution >= 4 is 12.1 Å². The van der Waals surface area contributed by atoms with E-state index in [0.29, 0.717) is 0 Å². The maximum atomic E-state index is 10.8. The predicted octanol–water partition coefficient (Wildman–Crippen LogP) is 1.96. The summed E-state index contributed by atoms with van der Waals surface area (Å²) in [6.45, 7) is 5.46. The van der Waals surface area contributed by atoms with E-state index in [2.05, 4.69) is 20.1 Å². The smallest absolute Gasteiger partial charge is 0.236 e. The van der Waals surface area contributed by atoms with Gasteiger partial charge in [-0.1, -0.05) is 0 Å². The van der Waals surface area contributed by atoms with Crippen LogP contribution in [0.5, 0.6) is 0 Å². The molecule has 2 aromatic rings. The summed E-state index contributed by atoms with van der Waals surface area (Å²) in [4.78, 5) is 14.9. The van der Waals surface area contributed by atoms with E-state index >= 15 is 0 Å². The van der Waals surface area contributed by atoms with E-state index < -0.39 is 0 Å². The van der Waals surface area contributed by atoms with Crippen LogP contribution in [-0.4, -0.2) is 21.7 Å². The van der Waals surface area contributed by atoms with E-state index in [4.69, 9.17) is 0 Å². The lowest BCUT2D eigenvalue weighted by atomic mass is 10.3. The summed E-state index contributed by atoms with van der Waals surface area (Å²) in [6, 6.07) is 5.93. The molecule has 0 aliphatic rings. The number of hydrazone groups is 1. The number of nitrogens with zero attached hydrogens (tertiary/aromatic N) is 3. The Morgan fingerprint density at radius 3 is 2.89 bits per heavy atom. The van der Waals surface area contributed by atoms with E-state index in [1.165, 1.54) is 6.92 Å². The van der Waals surface area contributed by atoms with E-state index in [-0.39, 0.29) is 5.91 Å². The number of carbonyl (C=O) groups excluding carboxylic acids is 1. The standard InChI is InChI=1S/C14H16N4O/c1-10-7-13(8-16-17-12(3)19)11(2)18(10)14-5-4-6-15-9-14/h4-9H,1-3H3,(H,17,19)/b16-8-. The molecule has 0 spiro atoms. The third-order valence-electron chi connectivity index (χ3n) is 2.80. The molecule has 0 aliphatic carbocycles. The molecule has 0 fully saturated rings. The molecule has 0 saturated heterocycles. The van der Waals surface area contributed by atoms with Crippen LogP contribution in [0.15, 0.2) is 35.7 Å². The quantitative estimate of drug-likeness (QED) is 0.674. The molecule has 5 nitrogen and oxygen atoms in total. The minimum absolute atomic E-state index is 0.183. The monoisotopic (exact) mass is 256 g/mol. The normalized spacial score (nSPS) is 10.9. The first kappa shape index (κ1) is 13.0. The number of amides is 1. The first-order valence-electron chi connectivity index (χ1n) is 5.98. The van der Waals surface area contributed by atoms with Crippen LogP contribution in [-0.2, 0) is 4.79 Å². The molecule has 1 N–H and O–H groups in total. The number of aromatic nitrogens is 2. The minimum atomic E-state index is -0.183. The fourth-order valence-electron chi connectivity index (χ4n) is 1.99. The number of hydrogen-bond acceptors (Lipinski definition) is 3. The lowest BCUT2D eigenvalue weighted by molar-refractivity contribution is -0.118. The molecular formula is C14H16N4O. The van der Waals surface area contributed by atoms with Crippen LogP contribution in [0.2, 0.25) is 0 Å². The summed E-state index contributed by atoms with van der Waals surface area (Å²) in [7, 11) is 0. The highest BCUT2D eigenvalue weighted by Gasteiger charge is 2.09. The zero-order valence-corrected chi connectivity index (χ0v) is 11.2. The van der Waals surface area contributed by atoms with Crippen LogP contribution in [0, 0.1) is 13.8 Å². The Balaban J connectivity index is 2.35. The van der Waals surface area contributed by atoms with Crippen molar-refractivity contribution in [2.24, 2.45) is 5.10 Å². The van der Waals surface area contributed by atoms with Gasteiger partial charge in [-0.3, -0.25) is 9.78 Å². The van der Waals surface area contributed by atoms with Crippen LogP contribution < -0.4 is 5.43 Å². The molecular weight excluding hydrogens is 240 g/mol. The molecule has 1 amide bonds. The topological polar surface area (TPSA) is 59.3 Å². The Kier molecular flexibility index (Phi) is 3.75. The summed E-state index contributed by atoms with van der Waals surface area (Å²) in [5.74, 6) is -0.183. The average molecular weight is 256 g/mol. The van der Waals surface area contributed by atoms with E-state index in [1.54, 1.807) is 12.4 Å². The zero-order chi connectivity index (χ0) is 13.8. The Morgan fingerprint density at radius 2 is 2.26 bits per heavy atom. The molecule has 0 bridgehead atoms. The van der Waals surface area contributed by atoms with E-state index in [0.717, 1.165) is 22.6 Å². The molecule has 0 atom stereocenters. The van der Waals surface area contributed by atoms with Gasteiger partial charge in [0.1, 0.15) is 0 Å². The second kappa shape index (κ2) is 5.48. The summed E-state index contributed by atoms with van der Waals surface area (Å²) < 4.78 is 2.10. The van der Waals surface area contributed by atoms with Crippen molar-refractivity contribution in [3.05, 3.63) is 47.5 Å². The maximum absolute atomic E-state index is 10.8. The second-order valence-corrected chi connectivity index (χ2v) is 4.30. The van der Waals surface area contributed by atoms with Gasteiger partial charge in [0, 0.05) is 30.1 Å².